The largest absolute Gasteiger partial charge is 0.497 e. The third-order valence-corrected chi connectivity index (χ3v) is 3.75. The number of carbonyl (C=O) groups excluding carboxylic acids is 1. The average Bonchev–Trinajstić information content (AvgIpc) is 3.19. The van der Waals surface area contributed by atoms with Gasteiger partial charge in [0.25, 0.3) is 5.91 Å². The number of carboxylic acids is 1. The van der Waals surface area contributed by atoms with Crippen molar-refractivity contribution in [2.45, 2.75) is 0 Å². The molecule has 1 aromatic heterocycles. The Morgan fingerprint density at radius 3 is 2.48 bits per heavy atom. The van der Waals surface area contributed by atoms with Crippen LogP contribution < -0.4 is 10.2 Å². The zero-order valence-corrected chi connectivity index (χ0v) is 14.3. The number of amides is 1. The lowest BCUT2D eigenvalue weighted by molar-refractivity contribution is 0.0696. The first-order chi connectivity index (χ1) is 13.1. The molecular weight excluding hydrogens is 348 g/mol. The molecule has 0 aliphatic heterocycles. The second kappa shape index (κ2) is 7.96. The van der Waals surface area contributed by atoms with Gasteiger partial charge in [0.1, 0.15) is 11.4 Å². The number of aromatic carboxylic acids is 1. The third kappa shape index (κ3) is 4.37. The number of carbonyl (C=O) groups is 2. The van der Waals surface area contributed by atoms with Crippen molar-refractivity contribution in [1.29, 1.82) is 0 Å². The molecule has 27 heavy (non-hydrogen) atoms. The number of aromatic nitrogens is 2. The van der Waals surface area contributed by atoms with Gasteiger partial charge in [0.2, 0.25) is 0 Å². The normalized spacial score (nSPS) is 10.7. The number of rotatable bonds is 6. The van der Waals surface area contributed by atoms with Crippen LogP contribution in [-0.4, -0.2) is 40.5 Å². The molecule has 0 radical (unpaired) electrons. The van der Waals surface area contributed by atoms with Gasteiger partial charge in [0, 0.05) is 5.56 Å². The lowest BCUT2D eigenvalue weighted by atomic mass is 10.1. The minimum absolute atomic E-state index is 0.180. The lowest BCUT2D eigenvalue weighted by Gasteiger charge is -2.00. The third-order valence-electron chi connectivity index (χ3n) is 3.75. The number of carboxylic acid groups (broad SMARTS) is 1. The molecule has 1 heterocycles. The van der Waals surface area contributed by atoms with Gasteiger partial charge in [0.15, 0.2) is 0 Å². The number of methoxy groups -OCH3 is 1. The van der Waals surface area contributed by atoms with Crippen molar-refractivity contribution in [3.8, 4) is 17.0 Å². The Labute approximate surface area is 154 Å². The van der Waals surface area contributed by atoms with Crippen LogP contribution in [0.5, 0.6) is 5.75 Å². The maximum Gasteiger partial charge on any atom is 0.335 e. The van der Waals surface area contributed by atoms with Gasteiger partial charge in [-0.3, -0.25) is 9.89 Å². The van der Waals surface area contributed by atoms with Crippen LogP contribution in [0.25, 0.3) is 11.3 Å². The SMILES string of the molecule is COc1ccc(-c2cc(C(=O)NN=Cc3ccc(C(=O)O)cc3)[nH]n2)cc1. The average molecular weight is 364 g/mol. The molecule has 0 atom stereocenters. The number of aromatic amines is 1. The molecule has 0 saturated heterocycles. The standard InChI is InChI=1S/C19H16N4O4/c1-27-15-8-6-13(7-9-15)16-10-17(22-21-16)18(24)23-20-11-12-2-4-14(5-3-12)19(25)26/h2-11H,1H3,(H,21,22)(H,23,24)(H,25,26). The predicted molar refractivity (Wildman–Crippen MR) is 99.0 cm³/mol. The van der Waals surface area contributed by atoms with E-state index in [4.69, 9.17) is 9.84 Å². The summed E-state index contributed by atoms with van der Waals surface area (Å²) < 4.78 is 5.11. The van der Waals surface area contributed by atoms with Gasteiger partial charge in [-0.05, 0) is 48.0 Å². The maximum absolute atomic E-state index is 12.1. The lowest BCUT2D eigenvalue weighted by Crippen LogP contribution is -2.18. The van der Waals surface area contributed by atoms with E-state index < -0.39 is 11.9 Å². The smallest absolute Gasteiger partial charge is 0.335 e. The number of hydrogen-bond acceptors (Lipinski definition) is 5. The van der Waals surface area contributed by atoms with Crippen molar-refractivity contribution >= 4 is 18.1 Å². The van der Waals surface area contributed by atoms with E-state index in [0.29, 0.717) is 11.3 Å². The molecule has 2 aromatic carbocycles. The van der Waals surface area contributed by atoms with E-state index in [1.54, 1.807) is 25.3 Å². The number of H-pyrrole nitrogens is 1. The molecule has 136 valence electrons. The number of nitrogens with zero attached hydrogens (tertiary/aromatic N) is 2. The van der Waals surface area contributed by atoms with E-state index in [1.165, 1.54) is 18.3 Å². The Balaban J connectivity index is 1.62. The Kier molecular flexibility index (Phi) is 5.27. The second-order valence-electron chi connectivity index (χ2n) is 5.52. The highest BCUT2D eigenvalue weighted by molar-refractivity contribution is 5.94. The molecule has 0 spiro atoms. The van der Waals surface area contributed by atoms with E-state index in [2.05, 4.69) is 20.7 Å². The molecule has 0 unspecified atom stereocenters. The fourth-order valence-electron chi connectivity index (χ4n) is 2.29. The minimum atomic E-state index is -1.00. The van der Waals surface area contributed by atoms with E-state index in [-0.39, 0.29) is 11.3 Å². The molecule has 3 N–H and O–H groups in total. The van der Waals surface area contributed by atoms with Crippen LogP contribution in [0.3, 0.4) is 0 Å². The molecule has 0 aliphatic carbocycles. The van der Waals surface area contributed by atoms with Gasteiger partial charge in [-0.25, -0.2) is 10.2 Å². The van der Waals surface area contributed by atoms with Gasteiger partial charge in [-0.2, -0.15) is 10.2 Å². The van der Waals surface area contributed by atoms with Gasteiger partial charge in [-0.15, -0.1) is 0 Å². The molecule has 0 saturated carbocycles. The van der Waals surface area contributed by atoms with Crippen molar-refractivity contribution in [1.82, 2.24) is 15.6 Å². The number of hydrogen-bond donors (Lipinski definition) is 3. The fourth-order valence-corrected chi connectivity index (χ4v) is 2.29. The van der Waals surface area contributed by atoms with Gasteiger partial charge in [-0.1, -0.05) is 12.1 Å². The molecule has 0 fully saturated rings. The van der Waals surface area contributed by atoms with E-state index in [9.17, 15) is 9.59 Å². The first kappa shape index (κ1) is 17.9. The highest BCUT2D eigenvalue weighted by Gasteiger charge is 2.10. The zero-order valence-electron chi connectivity index (χ0n) is 14.3. The first-order valence-corrected chi connectivity index (χ1v) is 7.93. The quantitative estimate of drug-likeness (QED) is 0.459. The molecule has 8 nitrogen and oxygen atoms in total. The van der Waals surface area contributed by atoms with Crippen LogP contribution >= 0.6 is 0 Å². The summed E-state index contributed by atoms with van der Waals surface area (Å²) in [7, 11) is 1.59. The van der Waals surface area contributed by atoms with Gasteiger partial charge < -0.3 is 9.84 Å². The van der Waals surface area contributed by atoms with Crippen LogP contribution in [0.15, 0.2) is 59.7 Å². The minimum Gasteiger partial charge on any atom is -0.497 e. The molecule has 0 bridgehead atoms. The fraction of sp³-hybridized carbons (Fsp3) is 0.0526. The van der Waals surface area contributed by atoms with Crippen LogP contribution in [0.4, 0.5) is 0 Å². The zero-order chi connectivity index (χ0) is 19.2. The summed E-state index contributed by atoms with van der Waals surface area (Å²) in [5, 5.41) is 19.5. The Morgan fingerprint density at radius 2 is 1.85 bits per heavy atom. The van der Waals surface area contributed by atoms with Crippen LogP contribution in [0, 0.1) is 0 Å². The number of hydrazone groups is 1. The predicted octanol–water partition coefficient (Wildman–Crippen LogP) is 2.55. The summed E-state index contributed by atoms with van der Waals surface area (Å²) in [6.45, 7) is 0. The number of nitrogens with one attached hydrogen (secondary N) is 2. The topological polar surface area (TPSA) is 117 Å². The van der Waals surface area contributed by atoms with Crippen molar-refractivity contribution in [3.05, 3.63) is 71.4 Å². The van der Waals surface area contributed by atoms with Crippen LogP contribution in [0.2, 0.25) is 0 Å². The van der Waals surface area contributed by atoms with Crippen molar-refractivity contribution in [2.75, 3.05) is 7.11 Å². The summed E-state index contributed by atoms with van der Waals surface area (Å²) in [6.07, 6.45) is 1.42. The maximum atomic E-state index is 12.1. The molecule has 0 aliphatic rings. The summed E-state index contributed by atoms with van der Waals surface area (Å²) in [5.41, 5.74) is 4.95. The van der Waals surface area contributed by atoms with Crippen LogP contribution in [-0.2, 0) is 0 Å². The number of ether oxygens (including phenoxy) is 1. The summed E-state index contributed by atoms with van der Waals surface area (Å²) in [5.74, 6) is -0.711. The highest BCUT2D eigenvalue weighted by atomic mass is 16.5. The highest BCUT2D eigenvalue weighted by Crippen LogP contribution is 2.21. The van der Waals surface area contributed by atoms with Crippen molar-refractivity contribution in [2.24, 2.45) is 5.10 Å². The van der Waals surface area contributed by atoms with Gasteiger partial charge >= 0.3 is 5.97 Å². The van der Waals surface area contributed by atoms with Gasteiger partial charge in [0.05, 0.1) is 24.6 Å². The number of benzene rings is 2. The van der Waals surface area contributed by atoms with E-state index >= 15 is 0 Å². The van der Waals surface area contributed by atoms with Crippen molar-refractivity contribution in [3.63, 3.8) is 0 Å². The van der Waals surface area contributed by atoms with E-state index in [1.807, 2.05) is 24.3 Å². The summed E-state index contributed by atoms with van der Waals surface area (Å²) in [4.78, 5) is 22.9. The Hall–Kier alpha value is -3.94. The van der Waals surface area contributed by atoms with E-state index in [0.717, 1.165) is 11.3 Å². The molecule has 8 heteroatoms. The monoisotopic (exact) mass is 364 g/mol. The summed E-state index contributed by atoms with van der Waals surface area (Å²) >= 11 is 0. The molecule has 3 aromatic rings. The summed E-state index contributed by atoms with van der Waals surface area (Å²) in [6, 6.07) is 15.0. The van der Waals surface area contributed by atoms with Crippen molar-refractivity contribution < 1.29 is 19.4 Å². The first-order valence-electron chi connectivity index (χ1n) is 7.93. The Bertz CT molecular complexity index is 976. The molecule has 1 amide bonds. The molecule has 3 rings (SSSR count). The second-order valence-corrected chi connectivity index (χ2v) is 5.52. The Morgan fingerprint density at radius 1 is 1.15 bits per heavy atom. The molecular formula is C19H16N4O4. The van der Waals surface area contributed by atoms with Crippen LogP contribution in [0.1, 0.15) is 26.4 Å².